The van der Waals surface area contributed by atoms with Crippen molar-refractivity contribution in [1.82, 2.24) is 15.5 Å². The second kappa shape index (κ2) is 7.69. The van der Waals surface area contributed by atoms with Crippen molar-refractivity contribution in [3.8, 4) is 11.5 Å². The van der Waals surface area contributed by atoms with Crippen LogP contribution in [0.1, 0.15) is 34.7 Å². The van der Waals surface area contributed by atoms with Crippen LogP contribution >= 0.6 is 0 Å². The number of para-hydroxylation sites is 2. The maximum Gasteiger partial charge on any atom is 0.272 e. The maximum absolute atomic E-state index is 13.5. The number of halogens is 1. The molecule has 1 aromatic heterocycles. The lowest BCUT2D eigenvalue weighted by molar-refractivity contribution is 0.0934. The van der Waals surface area contributed by atoms with Crippen molar-refractivity contribution >= 4 is 5.91 Å². The van der Waals surface area contributed by atoms with Gasteiger partial charge in [0.25, 0.3) is 5.91 Å². The Hall–Kier alpha value is -3.35. The number of benzene rings is 2. The minimum Gasteiger partial charge on any atom is -0.508 e. The average Bonchev–Trinajstić information content (AvgIpc) is 3.10. The number of amides is 1. The van der Waals surface area contributed by atoms with Crippen LogP contribution in [0.4, 0.5) is 4.39 Å². The highest BCUT2D eigenvalue weighted by molar-refractivity contribution is 5.92. The van der Waals surface area contributed by atoms with Crippen LogP contribution in [0.25, 0.3) is 0 Å². The van der Waals surface area contributed by atoms with Crippen molar-refractivity contribution < 1.29 is 19.0 Å². The van der Waals surface area contributed by atoms with Gasteiger partial charge in [-0.05, 0) is 31.2 Å². The molecule has 0 saturated carbocycles. The van der Waals surface area contributed by atoms with E-state index in [2.05, 4.69) is 15.5 Å². The molecule has 0 aliphatic heterocycles. The first-order valence-electron chi connectivity index (χ1n) is 8.05. The Bertz CT molecular complexity index is 910. The molecule has 3 N–H and O–H groups in total. The summed E-state index contributed by atoms with van der Waals surface area (Å²) < 4.78 is 18.9. The molecule has 0 spiro atoms. The largest absolute Gasteiger partial charge is 0.508 e. The van der Waals surface area contributed by atoms with Gasteiger partial charge in [0.1, 0.15) is 18.1 Å². The van der Waals surface area contributed by atoms with Crippen LogP contribution in [-0.4, -0.2) is 21.2 Å². The summed E-state index contributed by atoms with van der Waals surface area (Å²) in [7, 11) is 0. The second-order valence-corrected chi connectivity index (χ2v) is 5.75. The number of nitrogens with zero attached hydrogens (tertiary/aromatic N) is 1. The van der Waals surface area contributed by atoms with E-state index in [0.717, 1.165) is 0 Å². The SMILES string of the molecule is CC(NC(=O)c1cc(COc2ccccc2F)[nH]n1)c1ccccc1O. The number of carbonyl (C=O) groups is 1. The Labute approximate surface area is 149 Å². The molecule has 26 heavy (non-hydrogen) atoms. The number of phenolic OH excluding ortho intramolecular Hbond substituents is 1. The quantitative estimate of drug-likeness (QED) is 0.633. The topological polar surface area (TPSA) is 87.2 Å². The van der Waals surface area contributed by atoms with Gasteiger partial charge in [-0.25, -0.2) is 4.39 Å². The van der Waals surface area contributed by atoms with E-state index >= 15 is 0 Å². The lowest BCUT2D eigenvalue weighted by Gasteiger charge is -2.14. The Balaban J connectivity index is 1.61. The third-order valence-corrected chi connectivity index (χ3v) is 3.83. The number of ether oxygens (including phenoxy) is 1. The zero-order valence-corrected chi connectivity index (χ0v) is 14.1. The molecule has 1 unspecified atom stereocenters. The molecule has 0 bridgehead atoms. The zero-order chi connectivity index (χ0) is 18.5. The van der Waals surface area contributed by atoms with Gasteiger partial charge in [-0.2, -0.15) is 5.10 Å². The van der Waals surface area contributed by atoms with Crippen LogP contribution < -0.4 is 10.1 Å². The Kier molecular flexibility index (Phi) is 5.17. The molecule has 7 heteroatoms. The molecule has 3 rings (SSSR count). The Morgan fingerprint density at radius 3 is 2.77 bits per heavy atom. The summed E-state index contributed by atoms with van der Waals surface area (Å²) in [5.74, 6) is -0.613. The standard InChI is InChI=1S/C19H18FN3O3/c1-12(14-6-2-4-8-17(14)24)21-19(25)16-10-13(22-23-16)11-26-18-9-5-3-7-15(18)20/h2-10,12,24H,11H2,1H3,(H,21,25)(H,22,23). The molecule has 134 valence electrons. The van der Waals surface area contributed by atoms with Gasteiger partial charge in [-0.1, -0.05) is 30.3 Å². The summed E-state index contributed by atoms with van der Waals surface area (Å²) in [5, 5.41) is 19.3. The molecule has 1 heterocycles. The van der Waals surface area contributed by atoms with Crippen LogP contribution in [0.15, 0.2) is 54.6 Å². The maximum atomic E-state index is 13.5. The number of phenols is 1. The molecule has 0 aliphatic carbocycles. The summed E-state index contributed by atoms with van der Waals surface area (Å²) in [6.45, 7) is 1.82. The van der Waals surface area contributed by atoms with E-state index in [4.69, 9.17) is 4.74 Å². The number of nitrogens with one attached hydrogen (secondary N) is 2. The van der Waals surface area contributed by atoms with E-state index in [9.17, 15) is 14.3 Å². The second-order valence-electron chi connectivity index (χ2n) is 5.75. The van der Waals surface area contributed by atoms with Crippen LogP contribution in [0.5, 0.6) is 11.5 Å². The average molecular weight is 355 g/mol. The van der Waals surface area contributed by atoms with Crippen LogP contribution in [0, 0.1) is 5.82 Å². The van der Waals surface area contributed by atoms with Gasteiger partial charge in [0, 0.05) is 5.56 Å². The highest BCUT2D eigenvalue weighted by Crippen LogP contribution is 2.23. The molecular formula is C19H18FN3O3. The van der Waals surface area contributed by atoms with E-state index in [1.807, 2.05) is 0 Å². The number of aromatic nitrogens is 2. The number of H-pyrrole nitrogens is 1. The van der Waals surface area contributed by atoms with Gasteiger partial charge in [0.05, 0.1) is 11.7 Å². The van der Waals surface area contributed by atoms with Gasteiger partial charge in [0.2, 0.25) is 0 Å². The highest BCUT2D eigenvalue weighted by atomic mass is 19.1. The Morgan fingerprint density at radius 1 is 1.27 bits per heavy atom. The molecule has 0 radical (unpaired) electrons. The molecule has 1 amide bonds. The molecule has 3 aromatic rings. The first kappa shape index (κ1) is 17.5. The van der Waals surface area contributed by atoms with E-state index in [1.54, 1.807) is 43.3 Å². The number of hydrogen-bond donors (Lipinski definition) is 3. The zero-order valence-electron chi connectivity index (χ0n) is 14.1. The summed E-state index contributed by atoms with van der Waals surface area (Å²) in [6.07, 6.45) is 0. The van der Waals surface area contributed by atoms with Gasteiger partial charge >= 0.3 is 0 Å². The van der Waals surface area contributed by atoms with Crippen LogP contribution in [0.2, 0.25) is 0 Å². The first-order chi connectivity index (χ1) is 12.5. The summed E-state index contributed by atoms with van der Waals surface area (Å²) in [6, 6.07) is 14.0. The smallest absolute Gasteiger partial charge is 0.272 e. The number of rotatable bonds is 6. The fourth-order valence-electron chi connectivity index (χ4n) is 2.47. The van der Waals surface area contributed by atoms with Crippen molar-refractivity contribution in [2.45, 2.75) is 19.6 Å². The molecule has 0 fully saturated rings. The first-order valence-corrected chi connectivity index (χ1v) is 8.05. The van der Waals surface area contributed by atoms with Gasteiger partial charge < -0.3 is 15.2 Å². The van der Waals surface area contributed by atoms with Crippen molar-refractivity contribution in [1.29, 1.82) is 0 Å². The fourth-order valence-corrected chi connectivity index (χ4v) is 2.47. The minimum absolute atomic E-state index is 0.0518. The molecule has 6 nitrogen and oxygen atoms in total. The highest BCUT2D eigenvalue weighted by Gasteiger charge is 2.16. The molecule has 1 atom stereocenters. The molecule has 0 saturated heterocycles. The predicted molar refractivity (Wildman–Crippen MR) is 93.3 cm³/mol. The number of carbonyl (C=O) groups excluding carboxylic acids is 1. The number of aromatic hydroxyl groups is 1. The van der Waals surface area contributed by atoms with Crippen molar-refractivity contribution in [3.63, 3.8) is 0 Å². The lowest BCUT2D eigenvalue weighted by Crippen LogP contribution is -2.27. The summed E-state index contributed by atoms with van der Waals surface area (Å²) >= 11 is 0. The van der Waals surface area contributed by atoms with Crippen molar-refractivity contribution in [2.75, 3.05) is 0 Å². The van der Waals surface area contributed by atoms with Gasteiger partial charge in [0.15, 0.2) is 11.6 Å². The van der Waals surface area contributed by atoms with Crippen molar-refractivity contribution in [2.24, 2.45) is 0 Å². The lowest BCUT2D eigenvalue weighted by atomic mass is 10.1. The molecule has 0 aliphatic rings. The minimum atomic E-state index is -0.457. The molecule has 2 aromatic carbocycles. The molecular weight excluding hydrogens is 337 g/mol. The van der Waals surface area contributed by atoms with Gasteiger partial charge in [-0.3, -0.25) is 9.89 Å². The summed E-state index contributed by atoms with van der Waals surface area (Å²) in [4.78, 5) is 12.3. The fraction of sp³-hybridized carbons (Fsp3) is 0.158. The Morgan fingerprint density at radius 2 is 2.00 bits per heavy atom. The third-order valence-electron chi connectivity index (χ3n) is 3.83. The van der Waals surface area contributed by atoms with Crippen LogP contribution in [-0.2, 0) is 6.61 Å². The third kappa shape index (κ3) is 4.00. The van der Waals surface area contributed by atoms with E-state index in [-0.39, 0.29) is 23.8 Å². The summed E-state index contributed by atoms with van der Waals surface area (Å²) in [5.41, 5.74) is 1.33. The van der Waals surface area contributed by atoms with Crippen molar-refractivity contribution in [3.05, 3.63) is 77.4 Å². The number of aromatic amines is 1. The van der Waals surface area contributed by atoms with E-state index < -0.39 is 17.8 Å². The normalized spacial score (nSPS) is 11.8. The van der Waals surface area contributed by atoms with E-state index in [1.165, 1.54) is 18.2 Å². The number of hydrogen-bond acceptors (Lipinski definition) is 4. The monoisotopic (exact) mass is 355 g/mol. The van der Waals surface area contributed by atoms with Gasteiger partial charge in [-0.15, -0.1) is 0 Å². The van der Waals surface area contributed by atoms with Crippen LogP contribution in [0.3, 0.4) is 0 Å². The van der Waals surface area contributed by atoms with E-state index in [0.29, 0.717) is 11.3 Å². The predicted octanol–water partition coefficient (Wildman–Crippen LogP) is 3.32.